The highest BCUT2D eigenvalue weighted by atomic mass is 79.9. The Kier molecular flexibility index (Phi) is 3.02. The molecule has 0 aliphatic heterocycles. The maximum atomic E-state index is 5.75. The van der Waals surface area contributed by atoms with Crippen LogP contribution in [0.25, 0.3) is 5.82 Å². The molecule has 0 aromatic carbocycles. The Hall–Kier alpha value is -0.940. The summed E-state index contributed by atoms with van der Waals surface area (Å²) in [7, 11) is 0. The summed E-state index contributed by atoms with van der Waals surface area (Å²) < 4.78 is 2.59. The van der Waals surface area contributed by atoms with Gasteiger partial charge in [-0.2, -0.15) is 9.78 Å². The molecular weight excluding hydrogens is 279 g/mol. The van der Waals surface area contributed by atoms with Crippen molar-refractivity contribution in [2.75, 3.05) is 0 Å². The van der Waals surface area contributed by atoms with Crippen LogP contribution < -0.4 is 0 Å². The molecule has 0 radical (unpaired) electrons. The van der Waals surface area contributed by atoms with Gasteiger partial charge in [0.1, 0.15) is 12.2 Å². The predicted molar refractivity (Wildman–Crippen MR) is 61.1 cm³/mol. The molecule has 6 heteroatoms. The second-order valence-electron chi connectivity index (χ2n) is 3.02. The van der Waals surface area contributed by atoms with Crippen molar-refractivity contribution in [2.45, 2.75) is 12.8 Å². The number of pyridine rings is 1. The summed E-state index contributed by atoms with van der Waals surface area (Å²) in [5, 5.41) is 4.09. The molecule has 0 spiro atoms. The third-order valence-corrected chi connectivity index (χ3v) is 2.63. The third kappa shape index (κ3) is 2.03. The Morgan fingerprint density at radius 2 is 2.27 bits per heavy atom. The van der Waals surface area contributed by atoms with Gasteiger partial charge in [-0.15, -0.1) is 11.6 Å². The van der Waals surface area contributed by atoms with Crippen LogP contribution in [0.2, 0.25) is 0 Å². The highest BCUT2D eigenvalue weighted by Crippen LogP contribution is 2.16. The summed E-state index contributed by atoms with van der Waals surface area (Å²) >= 11 is 9.11. The molecule has 0 aliphatic carbocycles. The van der Waals surface area contributed by atoms with Gasteiger partial charge in [0.2, 0.25) is 0 Å². The number of alkyl halides is 1. The molecule has 15 heavy (non-hydrogen) atoms. The number of nitrogens with zero attached hydrogens (tertiary/aromatic N) is 4. The highest BCUT2D eigenvalue weighted by molar-refractivity contribution is 9.10. The van der Waals surface area contributed by atoms with Crippen molar-refractivity contribution in [1.29, 1.82) is 0 Å². The van der Waals surface area contributed by atoms with Gasteiger partial charge in [-0.05, 0) is 34.5 Å². The zero-order valence-electron chi connectivity index (χ0n) is 7.98. The standard InChI is InChI=1S/C9H8BrClN4/c1-6-2-7(10)4-12-9(6)15-8(3-11)13-5-14-15/h2,4-5H,3H2,1H3. The summed E-state index contributed by atoms with van der Waals surface area (Å²) in [5.41, 5.74) is 1.02. The highest BCUT2D eigenvalue weighted by Gasteiger charge is 2.09. The van der Waals surface area contributed by atoms with Crippen molar-refractivity contribution in [2.24, 2.45) is 0 Å². The van der Waals surface area contributed by atoms with Crippen LogP contribution in [0.5, 0.6) is 0 Å². The van der Waals surface area contributed by atoms with Gasteiger partial charge in [0, 0.05) is 10.7 Å². The van der Waals surface area contributed by atoms with Crippen molar-refractivity contribution < 1.29 is 0 Å². The van der Waals surface area contributed by atoms with Gasteiger partial charge < -0.3 is 0 Å². The van der Waals surface area contributed by atoms with Crippen molar-refractivity contribution >= 4 is 27.5 Å². The van der Waals surface area contributed by atoms with Crippen LogP contribution in [-0.4, -0.2) is 19.7 Å². The number of hydrogen-bond donors (Lipinski definition) is 0. The van der Waals surface area contributed by atoms with Crippen LogP contribution in [0.1, 0.15) is 11.4 Å². The van der Waals surface area contributed by atoms with Gasteiger partial charge in [0.25, 0.3) is 0 Å². The van der Waals surface area contributed by atoms with Gasteiger partial charge in [0.15, 0.2) is 5.82 Å². The molecule has 4 nitrogen and oxygen atoms in total. The van der Waals surface area contributed by atoms with Crippen molar-refractivity contribution in [3.8, 4) is 5.82 Å². The Morgan fingerprint density at radius 3 is 2.93 bits per heavy atom. The Morgan fingerprint density at radius 1 is 1.47 bits per heavy atom. The van der Waals surface area contributed by atoms with Crippen LogP contribution in [0.3, 0.4) is 0 Å². The largest absolute Gasteiger partial charge is 0.236 e. The average Bonchev–Trinajstić information content (AvgIpc) is 2.65. The molecule has 0 atom stereocenters. The average molecular weight is 288 g/mol. The second kappa shape index (κ2) is 4.28. The maximum Gasteiger partial charge on any atom is 0.158 e. The second-order valence-corrected chi connectivity index (χ2v) is 4.20. The van der Waals surface area contributed by atoms with Crippen LogP contribution >= 0.6 is 27.5 Å². The molecular formula is C9H8BrClN4. The maximum absolute atomic E-state index is 5.75. The quantitative estimate of drug-likeness (QED) is 0.797. The lowest BCUT2D eigenvalue weighted by Gasteiger charge is -2.06. The number of aryl methyl sites for hydroxylation is 1. The molecule has 2 aromatic rings. The molecule has 0 saturated heterocycles. The molecule has 0 fully saturated rings. The molecule has 2 aromatic heterocycles. The van der Waals surface area contributed by atoms with E-state index in [1.165, 1.54) is 6.33 Å². The molecule has 0 aliphatic rings. The summed E-state index contributed by atoms with van der Waals surface area (Å²) in [5.74, 6) is 1.76. The van der Waals surface area contributed by atoms with Gasteiger partial charge in [-0.1, -0.05) is 0 Å². The smallest absolute Gasteiger partial charge is 0.158 e. The molecule has 0 unspecified atom stereocenters. The molecule has 2 rings (SSSR count). The SMILES string of the molecule is Cc1cc(Br)cnc1-n1ncnc1CCl. The summed E-state index contributed by atoms with van der Waals surface area (Å²) in [6.07, 6.45) is 3.20. The normalized spacial score (nSPS) is 10.6. The molecule has 0 amide bonds. The monoisotopic (exact) mass is 286 g/mol. The minimum atomic E-state index is 0.317. The summed E-state index contributed by atoms with van der Waals surface area (Å²) in [4.78, 5) is 8.33. The first-order chi connectivity index (χ1) is 7.22. The van der Waals surface area contributed by atoms with Gasteiger partial charge >= 0.3 is 0 Å². The first-order valence-corrected chi connectivity index (χ1v) is 5.62. The van der Waals surface area contributed by atoms with E-state index in [1.807, 2.05) is 13.0 Å². The van der Waals surface area contributed by atoms with Crippen molar-refractivity contribution in [3.63, 3.8) is 0 Å². The molecule has 0 saturated carbocycles. The van der Waals surface area contributed by atoms with Gasteiger partial charge in [0.05, 0.1) is 5.88 Å². The first kappa shape index (κ1) is 10.6. The topological polar surface area (TPSA) is 43.6 Å². The van der Waals surface area contributed by atoms with Crippen LogP contribution in [0, 0.1) is 6.92 Å². The lowest BCUT2D eigenvalue weighted by atomic mass is 10.3. The number of aromatic nitrogens is 4. The first-order valence-electron chi connectivity index (χ1n) is 4.29. The fourth-order valence-corrected chi connectivity index (χ4v) is 1.92. The zero-order valence-corrected chi connectivity index (χ0v) is 10.3. The molecule has 0 bridgehead atoms. The molecule has 2 heterocycles. The van der Waals surface area contributed by atoms with Crippen LogP contribution in [-0.2, 0) is 5.88 Å². The minimum absolute atomic E-state index is 0.317. The van der Waals surface area contributed by atoms with E-state index in [-0.39, 0.29) is 0 Å². The van der Waals surface area contributed by atoms with E-state index in [1.54, 1.807) is 10.9 Å². The van der Waals surface area contributed by atoms with E-state index < -0.39 is 0 Å². The Labute approximate surface area is 100 Å². The van der Waals surface area contributed by atoms with Crippen molar-refractivity contribution in [3.05, 3.63) is 34.5 Å². The lowest BCUT2D eigenvalue weighted by molar-refractivity contribution is 0.796. The Balaban J connectivity index is 2.54. The van der Waals surface area contributed by atoms with Gasteiger partial charge in [-0.25, -0.2) is 9.97 Å². The summed E-state index contributed by atoms with van der Waals surface area (Å²) in [6.45, 7) is 1.97. The number of rotatable bonds is 2. The minimum Gasteiger partial charge on any atom is -0.236 e. The van der Waals surface area contributed by atoms with Crippen LogP contribution in [0.15, 0.2) is 23.1 Å². The van der Waals surface area contributed by atoms with E-state index in [9.17, 15) is 0 Å². The van der Waals surface area contributed by atoms with E-state index in [2.05, 4.69) is 31.0 Å². The fraction of sp³-hybridized carbons (Fsp3) is 0.222. The van der Waals surface area contributed by atoms with Gasteiger partial charge in [-0.3, -0.25) is 0 Å². The van der Waals surface area contributed by atoms with Crippen LogP contribution in [0.4, 0.5) is 0 Å². The fourth-order valence-electron chi connectivity index (χ4n) is 1.29. The Bertz CT molecular complexity index is 483. The third-order valence-electron chi connectivity index (χ3n) is 1.96. The summed E-state index contributed by atoms with van der Waals surface area (Å²) in [6, 6.07) is 1.97. The van der Waals surface area contributed by atoms with E-state index >= 15 is 0 Å². The van der Waals surface area contributed by atoms with E-state index in [0.717, 1.165) is 15.9 Å². The lowest BCUT2D eigenvalue weighted by Crippen LogP contribution is -2.05. The molecule has 0 N–H and O–H groups in total. The van der Waals surface area contributed by atoms with E-state index in [4.69, 9.17) is 11.6 Å². The number of hydrogen-bond acceptors (Lipinski definition) is 3. The van der Waals surface area contributed by atoms with E-state index in [0.29, 0.717) is 11.7 Å². The number of halogens is 2. The van der Waals surface area contributed by atoms with Crippen molar-refractivity contribution in [1.82, 2.24) is 19.7 Å². The predicted octanol–water partition coefficient (Wildman–Crippen LogP) is 2.47. The molecule has 78 valence electrons. The zero-order chi connectivity index (χ0) is 10.8.